The summed E-state index contributed by atoms with van der Waals surface area (Å²) in [6.45, 7) is 4.64. The van der Waals surface area contributed by atoms with Gasteiger partial charge in [-0.05, 0) is 61.9 Å². The summed E-state index contributed by atoms with van der Waals surface area (Å²) in [6, 6.07) is 14.5. The normalized spacial score (nSPS) is 10.1. The number of ether oxygens (including phenoxy) is 1. The second-order valence-electron chi connectivity index (χ2n) is 5.73. The fourth-order valence-corrected chi connectivity index (χ4v) is 2.31. The van der Waals surface area contributed by atoms with Crippen molar-refractivity contribution in [2.24, 2.45) is 0 Å². The van der Waals surface area contributed by atoms with Crippen LogP contribution in [0.4, 0.5) is 17.1 Å². The van der Waals surface area contributed by atoms with Crippen molar-refractivity contribution in [3.05, 3.63) is 48.5 Å². The third-order valence-electron chi connectivity index (χ3n) is 3.55. The van der Waals surface area contributed by atoms with Crippen LogP contribution in [-0.2, 0) is 9.59 Å². The van der Waals surface area contributed by atoms with E-state index in [9.17, 15) is 9.59 Å². The Kier molecular flexibility index (Phi) is 7.49. The maximum atomic E-state index is 12.0. The number of carbonyl (C=O) groups is 2. The van der Waals surface area contributed by atoms with Crippen molar-refractivity contribution in [1.29, 1.82) is 0 Å². The molecule has 3 N–H and O–H groups in total. The first kappa shape index (κ1) is 19.3. The van der Waals surface area contributed by atoms with E-state index in [2.05, 4.69) is 16.0 Å². The molecule has 0 aliphatic rings. The van der Waals surface area contributed by atoms with E-state index < -0.39 is 0 Å². The van der Waals surface area contributed by atoms with Crippen molar-refractivity contribution in [3.63, 3.8) is 0 Å². The molecular weight excluding hydrogens is 330 g/mol. The second-order valence-corrected chi connectivity index (χ2v) is 5.73. The van der Waals surface area contributed by atoms with Gasteiger partial charge in [0.25, 0.3) is 0 Å². The Bertz CT molecular complexity index is 712. The van der Waals surface area contributed by atoms with Gasteiger partial charge in [-0.2, -0.15) is 0 Å². The Hall–Kier alpha value is -3.02. The molecule has 0 atom stereocenters. The fraction of sp³-hybridized carbons (Fsp3) is 0.300. The first-order valence-electron chi connectivity index (χ1n) is 8.77. The highest BCUT2D eigenvalue weighted by Crippen LogP contribution is 2.16. The fourth-order valence-electron chi connectivity index (χ4n) is 2.31. The third kappa shape index (κ3) is 6.47. The predicted molar refractivity (Wildman–Crippen MR) is 105 cm³/mol. The number of hydrogen-bond donors (Lipinski definition) is 3. The molecule has 0 heterocycles. The van der Waals surface area contributed by atoms with Gasteiger partial charge in [0, 0.05) is 23.5 Å². The lowest BCUT2D eigenvalue weighted by Crippen LogP contribution is -2.21. The lowest BCUT2D eigenvalue weighted by atomic mass is 10.2. The quantitative estimate of drug-likeness (QED) is 0.638. The standard InChI is InChI=1S/C20H25N3O3/c1-3-5-19(24)22-16-8-6-15(7-9-16)21-14-20(25)23-17-10-12-18(13-11-17)26-4-2/h6-13,21H,3-5,14H2,1-2H3,(H,22,24)(H,23,25). The molecule has 0 fully saturated rings. The molecule has 0 aliphatic heterocycles. The summed E-state index contributed by atoms with van der Waals surface area (Å²) in [5.41, 5.74) is 2.27. The molecule has 0 unspecified atom stereocenters. The van der Waals surface area contributed by atoms with E-state index in [-0.39, 0.29) is 18.4 Å². The molecule has 0 aliphatic carbocycles. The molecule has 0 bridgehead atoms. The molecule has 26 heavy (non-hydrogen) atoms. The van der Waals surface area contributed by atoms with E-state index in [4.69, 9.17) is 4.74 Å². The number of benzene rings is 2. The van der Waals surface area contributed by atoms with Crippen LogP contribution in [0.15, 0.2) is 48.5 Å². The van der Waals surface area contributed by atoms with Gasteiger partial charge < -0.3 is 20.7 Å². The molecule has 2 aromatic rings. The number of rotatable bonds is 9. The molecule has 2 amide bonds. The maximum Gasteiger partial charge on any atom is 0.243 e. The number of anilines is 3. The summed E-state index contributed by atoms with van der Waals surface area (Å²) in [6.07, 6.45) is 1.32. The minimum atomic E-state index is -0.144. The van der Waals surface area contributed by atoms with Crippen LogP contribution in [0.25, 0.3) is 0 Å². The number of nitrogens with one attached hydrogen (secondary N) is 3. The summed E-state index contributed by atoms with van der Waals surface area (Å²) in [5, 5.41) is 8.70. The van der Waals surface area contributed by atoms with E-state index in [0.717, 1.165) is 23.5 Å². The molecular formula is C20H25N3O3. The lowest BCUT2D eigenvalue weighted by Gasteiger charge is -2.10. The number of carbonyl (C=O) groups excluding carboxylic acids is 2. The van der Waals surface area contributed by atoms with E-state index in [0.29, 0.717) is 18.7 Å². The highest BCUT2D eigenvalue weighted by atomic mass is 16.5. The monoisotopic (exact) mass is 355 g/mol. The van der Waals surface area contributed by atoms with Crippen LogP contribution >= 0.6 is 0 Å². The SMILES string of the molecule is CCCC(=O)Nc1ccc(NCC(=O)Nc2ccc(OCC)cc2)cc1. The zero-order valence-electron chi connectivity index (χ0n) is 15.2. The zero-order valence-corrected chi connectivity index (χ0v) is 15.2. The Morgan fingerprint density at radius 3 is 1.92 bits per heavy atom. The van der Waals surface area contributed by atoms with Gasteiger partial charge in [-0.25, -0.2) is 0 Å². The highest BCUT2D eigenvalue weighted by molar-refractivity contribution is 5.94. The average molecular weight is 355 g/mol. The summed E-state index contributed by atoms with van der Waals surface area (Å²) in [4.78, 5) is 23.6. The second kappa shape index (κ2) is 10.1. The van der Waals surface area contributed by atoms with Crippen molar-refractivity contribution in [2.45, 2.75) is 26.7 Å². The predicted octanol–water partition coefficient (Wildman–Crippen LogP) is 3.87. The van der Waals surface area contributed by atoms with E-state index in [1.54, 1.807) is 24.3 Å². The Morgan fingerprint density at radius 1 is 0.808 bits per heavy atom. The van der Waals surface area contributed by atoms with Crippen LogP contribution in [0.3, 0.4) is 0 Å². The summed E-state index contributed by atoms with van der Waals surface area (Å²) in [5.74, 6) is 0.632. The average Bonchev–Trinajstić information content (AvgIpc) is 2.63. The van der Waals surface area contributed by atoms with Gasteiger partial charge in [0.2, 0.25) is 11.8 Å². The smallest absolute Gasteiger partial charge is 0.243 e. The van der Waals surface area contributed by atoms with E-state index >= 15 is 0 Å². The minimum absolute atomic E-state index is 0.00272. The van der Waals surface area contributed by atoms with Crippen LogP contribution in [-0.4, -0.2) is 25.0 Å². The molecule has 0 saturated carbocycles. The van der Waals surface area contributed by atoms with Crippen molar-refractivity contribution >= 4 is 28.9 Å². The van der Waals surface area contributed by atoms with Crippen molar-refractivity contribution in [3.8, 4) is 5.75 Å². The van der Waals surface area contributed by atoms with Gasteiger partial charge in [0.05, 0.1) is 13.2 Å². The summed E-state index contributed by atoms with van der Waals surface area (Å²) in [7, 11) is 0. The van der Waals surface area contributed by atoms with Crippen LogP contribution in [0.1, 0.15) is 26.7 Å². The van der Waals surface area contributed by atoms with Crippen molar-refractivity contribution in [2.75, 3.05) is 29.1 Å². The number of hydrogen-bond acceptors (Lipinski definition) is 4. The molecule has 2 aromatic carbocycles. The molecule has 6 heteroatoms. The van der Waals surface area contributed by atoms with Crippen molar-refractivity contribution < 1.29 is 14.3 Å². The topological polar surface area (TPSA) is 79.5 Å². The van der Waals surface area contributed by atoms with Crippen LogP contribution in [0.2, 0.25) is 0 Å². The largest absolute Gasteiger partial charge is 0.494 e. The van der Waals surface area contributed by atoms with Crippen LogP contribution < -0.4 is 20.7 Å². The molecule has 6 nitrogen and oxygen atoms in total. The molecule has 2 rings (SSSR count). The first-order valence-corrected chi connectivity index (χ1v) is 8.77. The Morgan fingerprint density at radius 2 is 1.35 bits per heavy atom. The maximum absolute atomic E-state index is 12.0. The third-order valence-corrected chi connectivity index (χ3v) is 3.55. The molecule has 138 valence electrons. The van der Waals surface area contributed by atoms with Gasteiger partial charge in [-0.1, -0.05) is 6.92 Å². The van der Waals surface area contributed by atoms with Gasteiger partial charge in [-0.15, -0.1) is 0 Å². The van der Waals surface area contributed by atoms with Crippen LogP contribution in [0.5, 0.6) is 5.75 Å². The molecule has 0 radical (unpaired) electrons. The van der Waals surface area contributed by atoms with E-state index in [1.165, 1.54) is 0 Å². The Labute approximate surface area is 153 Å². The molecule has 0 aromatic heterocycles. The van der Waals surface area contributed by atoms with Crippen molar-refractivity contribution in [1.82, 2.24) is 0 Å². The molecule has 0 saturated heterocycles. The minimum Gasteiger partial charge on any atom is -0.494 e. The van der Waals surface area contributed by atoms with Crippen LogP contribution in [0, 0.1) is 0 Å². The van der Waals surface area contributed by atoms with Gasteiger partial charge in [0.15, 0.2) is 0 Å². The van der Waals surface area contributed by atoms with Gasteiger partial charge in [-0.3, -0.25) is 9.59 Å². The van der Waals surface area contributed by atoms with Gasteiger partial charge in [0.1, 0.15) is 5.75 Å². The lowest BCUT2D eigenvalue weighted by molar-refractivity contribution is -0.116. The number of amides is 2. The van der Waals surface area contributed by atoms with Gasteiger partial charge >= 0.3 is 0 Å². The first-order chi connectivity index (χ1) is 12.6. The Balaban J connectivity index is 1.78. The summed E-state index contributed by atoms with van der Waals surface area (Å²) < 4.78 is 5.37. The summed E-state index contributed by atoms with van der Waals surface area (Å²) >= 11 is 0. The van der Waals surface area contributed by atoms with E-state index in [1.807, 2.05) is 38.1 Å². The zero-order chi connectivity index (χ0) is 18.8. The molecule has 0 spiro atoms. The highest BCUT2D eigenvalue weighted by Gasteiger charge is 2.04.